The van der Waals surface area contributed by atoms with Gasteiger partial charge in [-0.2, -0.15) is 0 Å². The van der Waals surface area contributed by atoms with Crippen molar-refractivity contribution in [3.63, 3.8) is 0 Å². The van der Waals surface area contributed by atoms with Crippen molar-refractivity contribution in [3.05, 3.63) is 57.5 Å². The fourth-order valence-electron chi connectivity index (χ4n) is 3.11. The predicted molar refractivity (Wildman–Crippen MR) is 106 cm³/mol. The molecule has 1 aromatic carbocycles. The maximum absolute atomic E-state index is 13.5. The summed E-state index contributed by atoms with van der Waals surface area (Å²) in [5.41, 5.74) is 0.908. The molecular formula is C19H25ClFN3OS. The van der Waals surface area contributed by atoms with Gasteiger partial charge in [-0.3, -0.25) is 9.69 Å². The Kier molecular flexibility index (Phi) is 8.03. The number of benzene rings is 1. The van der Waals surface area contributed by atoms with Gasteiger partial charge < -0.3 is 10.6 Å². The van der Waals surface area contributed by atoms with Crippen LogP contribution < -0.4 is 10.6 Å². The summed E-state index contributed by atoms with van der Waals surface area (Å²) in [5, 5.41) is 6.33. The molecule has 2 heterocycles. The van der Waals surface area contributed by atoms with Crippen LogP contribution in [0.1, 0.15) is 28.3 Å². The Hall–Kier alpha value is -1.47. The second-order valence-corrected chi connectivity index (χ2v) is 7.50. The summed E-state index contributed by atoms with van der Waals surface area (Å²) in [6, 6.07) is 10.8. The first-order valence-electron chi connectivity index (χ1n) is 8.70. The van der Waals surface area contributed by atoms with Crippen LogP contribution in [-0.4, -0.2) is 37.0 Å². The minimum absolute atomic E-state index is 0. The standard InChI is InChI=1S/C19H24FN3OS.ClH/c1-2-16-6-7-17(25-16)11-22-19(24)13-23-9-8-21-12-18(23)14-4-3-5-15(20)10-14;/h3-7,10,18,21H,2,8-9,11-13H2,1H3,(H,22,24);1H. The number of piperazine rings is 1. The van der Waals surface area contributed by atoms with Crippen LogP contribution in [0.4, 0.5) is 4.39 Å². The molecule has 0 aliphatic carbocycles. The number of halogens is 2. The molecule has 0 spiro atoms. The molecule has 1 aliphatic heterocycles. The van der Waals surface area contributed by atoms with Crippen molar-refractivity contribution in [1.29, 1.82) is 0 Å². The van der Waals surface area contributed by atoms with E-state index in [1.54, 1.807) is 23.5 Å². The molecule has 4 nitrogen and oxygen atoms in total. The van der Waals surface area contributed by atoms with Gasteiger partial charge in [-0.25, -0.2) is 4.39 Å². The van der Waals surface area contributed by atoms with Crippen molar-refractivity contribution in [2.45, 2.75) is 25.9 Å². The lowest BCUT2D eigenvalue weighted by Gasteiger charge is -2.36. The molecule has 2 N–H and O–H groups in total. The van der Waals surface area contributed by atoms with Gasteiger partial charge in [0.15, 0.2) is 0 Å². The second kappa shape index (κ2) is 10.0. The number of aryl methyl sites for hydroxylation is 1. The first-order valence-corrected chi connectivity index (χ1v) is 9.52. The summed E-state index contributed by atoms with van der Waals surface area (Å²) in [6.45, 7) is 5.36. The van der Waals surface area contributed by atoms with Crippen LogP contribution in [0, 0.1) is 5.82 Å². The molecule has 1 unspecified atom stereocenters. The van der Waals surface area contributed by atoms with E-state index in [1.807, 2.05) is 6.07 Å². The maximum Gasteiger partial charge on any atom is 0.234 e. The molecule has 3 rings (SSSR count). The van der Waals surface area contributed by atoms with E-state index >= 15 is 0 Å². The molecule has 1 aromatic heterocycles. The summed E-state index contributed by atoms with van der Waals surface area (Å²) in [5.74, 6) is -0.230. The summed E-state index contributed by atoms with van der Waals surface area (Å²) in [6.07, 6.45) is 1.02. The van der Waals surface area contributed by atoms with Gasteiger partial charge in [-0.15, -0.1) is 23.7 Å². The van der Waals surface area contributed by atoms with Crippen molar-refractivity contribution in [1.82, 2.24) is 15.5 Å². The third kappa shape index (κ3) is 5.51. The highest BCUT2D eigenvalue weighted by molar-refractivity contribution is 7.11. The Labute approximate surface area is 164 Å². The lowest BCUT2D eigenvalue weighted by molar-refractivity contribution is -0.123. The topological polar surface area (TPSA) is 44.4 Å². The minimum atomic E-state index is -0.239. The second-order valence-electron chi connectivity index (χ2n) is 6.24. The van der Waals surface area contributed by atoms with Crippen LogP contribution in [0.5, 0.6) is 0 Å². The molecule has 7 heteroatoms. The zero-order valence-corrected chi connectivity index (χ0v) is 16.5. The molecule has 1 saturated heterocycles. The van der Waals surface area contributed by atoms with Crippen molar-refractivity contribution in [2.24, 2.45) is 0 Å². The number of hydrogen-bond acceptors (Lipinski definition) is 4. The van der Waals surface area contributed by atoms with E-state index in [2.05, 4.69) is 34.6 Å². The first kappa shape index (κ1) is 20.8. The van der Waals surface area contributed by atoms with Crippen LogP contribution >= 0.6 is 23.7 Å². The van der Waals surface area contributed by atoms with E-state index < -0.39 is 0 Å². The highest BCUT2D eigenvalue weighted by Crippen LogP contribution is 2.22. The molecule has 26 heavy (non-hydrogen) atoms. The minimum Gasteiger partial charge on any atom is -0.350 e. The first-order chi connectivity index (χ1) is 12.2. The average Bonchev–Trinajstić information content (AvgIpc) is 3.09. The lowest BCUT2D eigenvalue weighted by Crippen LogP contribution is -2.49. The molecule has 1 amide bonds. The normalized spacial score (nSPS) is 17.5. The molecule has 1 fully saturated rings. The summed E-state index contributed by atoms with van der Waals surface area (Å²) in [4.78, 5) is 17.0. The molecule has 142 valence electrons. The quantitative estimate of drug-likeness (QED) is 0.787. The van der Waals surface area contributed by atoms with E-state index in [9.17, 15) is 9.18 Å². The molecular weight excluding hydrogens is 373 g/mol. The van der Waals surface area contributed by atoms with E-state index in [0.717, 1.165) is 31.6 Å². The molecule has 1 aliphatic rings. The van der Waals surface area contributed by atoms with Gasteiger partial charge in [-0.05, 0) is 36.2 Å². The Morgan fingerprint density at radius 3 is 2.88 bits per heavy atom. The number of nitrogens with one attached hydrogen (secondary N) is 2. The van der Waals surface area contributed by atoms with Crippen molar-refractivity contribution in [2.75, 3.05) is 26.2 Å². The Balaban J connectivity index is 0.00000243. The van der Waals surface area contributed by atoms with Gasteiger partial charge >= 0.3 is 0 Å². The molecule has 0 radical (unpaired) electrons. The number of amides is 1. The smallest absolute Gasteiger partial charge is 0.234 e. The van der Waals surface area contributed by atoms with E-state index in [4.69, 9.17) is 0 Å². The number of carbonyl (C=O) groups excluding carboxylic acids is 1. The largest absolute Gasteiger partial charge is 0.350 e. The van der Waals surface area contributed by atoms with Gasteiger partial charge in [0, 0.05) is 35.4 Å². The van der Waals surface area contributed by atoms with Crippen molar-refractivity contribution in [3.8, 4) is 0 Å². The number of nitrogens with zero attached hydrogens (tertiary/aromatic N) is 1. The molecule has 2 aromatic rings. The van der Waals surface area contributed by atoms with Crippen LogP contribution in [0.15, 0.2) is 36.4 Å². The van der Waals surface area contributed by atoms with Gasteiger partial charge in [0.05, 0.1) is 13.1 Å². The summed E-state index contributed by atoms with van der Waals surface area (Å²) < 4.78 is 13.5. The Morgan fingerprint density at radius 1 is 1.35 bits per heavy atom. The highest BCUT2D eigenvalue weighted by Gasteiger charge is 2.25. The SMILES string of the molecule is CCc1ccc(CNC(=O)CN2CCNCC2c2cccc(F)c2)s1.Cl. The monoisotopic (exact) mass is 397 g/mol. The third-order valence-corrected chi connectivity index (χ3v) is 5.69. The molecule has 0 saturated carbocycles. The predicted octanol–water partition coefficient (Wildman–Crippen LogP) is 3.13. The van der Waals surface area contributed by atoms with Crippen LogP contribution in [0.25, 0.3) is 0 Å². The number of hydrogen-bond donors (Lipinski definition) is 2. The maximum atomic E-state index is 13.5. The van der Waals surface area contributed by atoms with Crippen molar-refractivity contribution < 1.29 is 9.18 Å². The fourth-order valence-corrected chi connectivity index (χ4v) is 4.01. The Morgan fingerprint density at radius 2 is 2.15 bits per heavy atom. The van der Waals surface area contributed by atoms with E-state index in [1.165, 1.54) is 15.8 Å². The lowest BCUT2D eigenvalue weighted by atomic mass is 10.0. The highest BCUT2D eigenvalue weighted by atomic mass is 35.5. The van der Waals surface area contributed by atoms with E-state index in [-0.39, 0.29) is 30.2 Å². The summed E-state index contributed by atoms with van der Waals surface area (Å²) in [7, 11) is 0. The average molecular weight is 398 g/mol. The van der Waals surface area contributed by atoms with E-state index in [0.29, 0.717) is 13.1 Å². The van der Waals surface area contributed by atoms with Gasteiger partial charge in [-0.1, -0.05) is 19.1 Å². The zero-order chi connectivity index (χ0) is 17.6. The third-order valence-electron chi connectivity index (χ3n) is 4.46. The van der Waals surface area contributed by atoms with Crippen molar-refractivity contribution >= 4 is 29.7 Å². The summed E-state index contributed by atoms with van der Waals surface area (Å²) >= 11 is 1.74. The number of rotatable bonds is 6. The van der Waals surface area contributed by atoms with Gasteiger partial charge in [0.25, 0.3) is 0 Å². The van der Waals surface area contributed by atoms with Crippen LogP contribution in [0.2, 0.25) is 0 Å². The zero-order valence-electron chi connectivity index (χ0n) is 14.8. The fraction of sp³-hybridized carbons (Fsp3) is 0.421. The number of carbonyl (C=O) groups is 1. The molecule has 1 atom stereocenters. The van der Waals surface area contributed by atoms with Gasteiger partial charge in [0.2, 0.25) is 5.91 Å². The van der Waals surface area contributed by atoms with Crippen LogP contribution in [-0.2, 0) is 17.8 Å². The molecule has 0 bridgehead atoms. The van der Waals surface area contributed by atoms with Crippen LogP contribution in [0.3, 0.4) is 0 Å². The van der Waals surface area contributed by atoms with Gasteiger partial charge in [0.1, 0.15) is 5.82 Å². The Bertz CT molecular complexity index is 724. The number of thiophene rings is 1.